The molecule has 3 N–H and O–H groups in total. The summed E-state index contributed by atoms with van der Waals surface area (Å²) in [5, 5.41) is 15.8. The number of hydrogen-bond acceptors (Lipinski definition) is 3. The number of carbonyl (C=O) groups excluding carboxylic acids is 1. The van der Waals surface area contributed by atoms with E-state index < -0.39 is 6.10 Å². The van der Waals surface area contributed by atoms with Crippen LogP contribution in [0.15, 0.2) is 47.1 Å². The van der Waals surface area contributed by atoms with Crippen molar-refractivity contribution < 1.29 is 14.3 Å². The van der Waals surface area contributed by atoms with Gasteiger partial charge in [0.25, 0.3) is 0 Å². The van der Waals surface area contributed by atoms with E-state index in [4.69, 9.17) is 4.42 Å². The number of nitrogens with one attached hydrogen (secondary N) is 2. The third kappa shape index (κ3) is 4.86. The highest BCUT2D eigenvalue weighted by atomic mass is 16.4. The van der Waals surface area contributed by atoms with Crippen molar-refractivity contribution in [2.45, 2.75) is 45.4 Å². The molecule has 3 unspecified atom stereocenters. The van der Waals surface area contributed by atoms with Gasteiger partial charge in [-0.2, -0.15) is 0 Å². The molecule has 0 saturated heterocycles. The van der Waals surface area contributed by atoms with Crippen LogP contribution in [0.4, 0.5) is 4.79 Å². The van der Waals surface area contributed by atoms with Gasteiger partial charge in [-0.15, -0.1) is 0 Å². The molecule has 1 aromatic heterocycles. The van der Waals surface area contributed by atoms with Crippen molar-refractivity contribution in [1.29, 1.82) is 0 Å². The van der Waals surface area contributed by atoms with Crippen LogP contribution in [0.1, 0.15) is 49.3 Å². The highest BCUT2D eigenvalue weighted by Gasteiger charge is 2.17. The molecule has 2 rings (SSSR count). The van der Waals surface area contributed by atoms with Gasteiger partial charge >= 0.3 is 6.03 Å². The molecule has 2 amide bonds. The van der Waals surface area contributed by atoms with E-state index in [0.717, 1.165) is 11.1 Å². The summed E-state index contributed by atoms with van der Waals surface area (Å²) >= 11 is 0. The first-order valence-electron chi connectivity index (χ1n) is 7.81. The van der Waals surface area contributed by atoms with Crippen molar-refractivity contribution in [3.8, 4) is 0 Å². The Bertz CT molecular complexity index is 625. The minimum atomic E-state index is -0.728. The van der Waals surface area contributed by atoms with E-state index in [0.29, 0.717) is 12.2 Å². The zero-order valence-electron chi connectivity index (χ0n) is 13.7. The Kier molecular flexibility index (Phi) is 5.82. The van der Waals surface area contributed by atoms with Gasteiger partial charge < -0.3 is 20.2 Å². The van der Waals surface area contributed by atoms with Crippen molar-refractivity contribution in [3.05, 3.63) is 59.5 Å². The molecule has 0 spiro atoms. The summed E-state index contributed by atoms with van der Waals surface area (Å²) in [7, 11) is 0. The van der Waals surface area contributed by atoms with Gasteiger partial charge in [-0.25, -0.2) is 4.79 Å². The van der Waals surface area contributed by atoms with Crippen molar-refractivity contribution in [2.24, 2.45) is 0 Å². The van der Waals surface area contributed by atoms with Crippen molar-refractivity contribution in [3.63, 3.8) is 0 Å². The lowest BCUT2D eigenvalue weighted by Crippen LogP contribution is -2.42. The highest BCUT2D eigenvalue weighted by molar-refractivity contribution is 5.74. The average Bonchev–Trinajstić information content (AvgIpc) is 3.01. The summed E-state index contributed by atoms with van der Waals surface area (Å²) in [4.78, 5) is 12.1. The van der Waals surface area contributed by atoms with Gasteiger partial charge in [-0.05, 0) is 44.0 Å². The number of carbonyl (C=O) groups is 1. The number of aliphatic hydroxyl groups excluding tert-OH is 1. The van der Waals surface area contributed by atoms with Gasteiger partial charge in [-0.1, -0.05) is 24.3 Å². The van der Waals surface area contributed by atoms with Crippen molar-refractivity contribution in [2.75, 3.05) is 0 Å². The molecule has 124 valence electrons. The van der Waals surface area contributed by atoms with E-state index in [1.807, 2.05) is 45.0 Å². The van der Waals surface area contributed by atoms with Crippen LogP contribution in [-0.2, 0) is 0 Å². The summed E-state index contributed by atoms with van der Waals surface area (Å²) in [6.07, 6.45) is 1.18. The molecule has 5 heteroatoms. The van der Waals surface area contributed by atoms with Gasteiger partial charge in [-0.3, -0.25) is 0 Å². The maximum Gasteiger partial charge on any atom is 0.315 e. The zero-order valence-corrected chi connectivity index (χ0v) is 13.7. The minimum absolute atomic E-state index is 0.0848. The van der Waals surface area contributed by atoms with Gasteiger partial charge in [0, 0.05) is 12.5 Å². The van der Waals surface area contributed by atoms with Gasteiger partial charge in [0.05, 0.1) is 12.3 Å². The Labute approximate surface area is 136 Å². The van der Waals surface area contributed by atoms with Crippen LogP contribution in [-0.4, -0.2) is 17.2 Å². The van der Waals surface area contributed by atoms with Gasteiger partial charge in [0.15, 0.2) is 0 Å². The second-order valence-corrected chi connectivity index (χ2v) is 5.86. The summed E-state index contributed by atoms with van der Waals surface area (Å²) in [5.74, 6) is 0.507. The summed E-state index contributed by atoms with van der Waals surface area (Å²) < 4.78 is 5.16. The average molecular weight is 316 g/mol. The maximum absolute atomic E-state index is 12.1. The van der Waals surface area contributed by atoms with E-state index in [-0.39, 0.29) is 18.1 Å². The molecule has 0 aliphatic rings. The van der Waals surface area contributed by atoms with Crippen LogP contribution in [0.3, 0.4) is 0 Å². The van der Waals surface area contributed by atoms with Crippen LogP contribution in [0.2, 0.25) is 0 Å². The predicted octanol–water partition coefficient (Wildman–Crippen LogP) is 3.46. The SMILES string of the molecule is Cc1ccccc1C(C)NC(=O)NC(C)CC(O)c1ccco1. The number of hydrogen-bond donors (Lipinski definition) is 3. The third-order valence-electron chi connectivity index (χ3n) is 3.83. The second-order valence-electron chi connectivity index (χ2n) is 5.86. The van der Waals surface area contributed by atoms with Crippen LogP contribution < -0.4 is 10.6 Å². The molecule has 5 nitrogen and oxygen atoms in total. The largest absolute Gasteiger partial charge is 0.467 e. The molecule has 2 aromatic rings. The first-order valence-corrected chi connectivity index (χ1v) is 7.81. The summed E-state index contributed by atoms with van der Waals surface area (Å²) in [6, 6.07) is 10.9. The topological polar surface area (TPSA) is 74.5 Å². The predicted molar refractivity (Wildman–Crippen MR) is 89.0 cm³/mol. The zero-order chi connectivity index (χ0) is 16.8. The molecule has 23 heavy (non-hydrogen) atoms. The molecule has 0 radical (unpaired) electrons. The lowest BCUT2D eigenvalue weighted by molar-refractivity contribution is 0.129. The molecule has 1 aromatic carbocycles. The molecule has 0 fully saturated rings. The Balaban J connectivity index is 1.83. The van der Waals surface area contributed by atoms with Gasteiger partial charge in [0.1, 0.15) is 11.9 Å². The number of rotatable bonds is 6. The van der Waals surface area contributed by atoms with Crippen LogP contribution >= 0.6 is 0 Å². The Morgan fingerprint density at radius 3 is 2.57 bits per heavy atom. The monoisotopic (exact) mass is 316 g/mol. The Hall–Kier alpha value is -2.27. The van der Waals surface area contributed by atoms with E-state index >= 15 is 0 Å². The molecule has 0 aliphatic heterocycles. The molecule has 0 bridgehead atoms. The number of furan rings is 1. The van der Waals surface area contributed by atoms with Crippen LogP contribution in [0.5, 0.6) is 0 Å². The van der Waals surface area contributed by atoms with Crippen LogP contribution in [0, 0.1) is 6.92 Å². The lowest BCUT2D eigenvalue weighted by atomic mass is 10.0. The fourth-order valence-electron chi connectivity index (χ4n) is 2.60. The number of urea groups is 1. The highest BCUT2D eigenvalue weighted by Crippen LogP contribution is 2.19. The lowest BCUT2D eigenvalue weighted by Gasteiger charge is -2.20. The third-order valence-corrected chi connectivity index (χ3v) is 3.83. The first kappa shape index (κ1) is 17.1. The second kappa shape index (κ2) is 7.83. The van der Waals surface area contributed by atoms with E-state index in [1.54, 1.807) is 12.1 Å². The van der Waals surface area contributed by atoms with E-state index in [9.17, 15) is 9.90 Å². The minimum Gasteiger partial charge on any atom is -0.467 e. The summed E-state index contributed by atoms with van der Waals surface area (Å²) in [6.45, 7) is 5.82. The quantitative estimate of drug-likeness (QED) is 0.764. The number of aliphatic hydroxyl groups is 1. The number of amides is 2. The standard InChI is InChI=1S/C18H24N2O3/c1-12-7-4-5-8-15(12)14(3)20-18(22)19-13(2)11-16(21)17-9-6-10-23-17/h4-10,13-14,16,21H,11H2,1-3H3,(H2,19,20,22). The van der Waals surface area contributed by atoms with Crippen molar-refractivity contribution >= 4 is 6.03 Å². The van der Waals surface area contributed by atoms with E-state index in [2.05, 4.69) is 10.6 Å². The van der Waals surface area contributed by atoms with E-state index in [1.165, 1.54) is 6.26 Å². The fraction of sp³-hybridized carbons (Fsp3) is 0.389. The normalized spacial score (nSPS) is 14.8. The number of aryl methyl sites for hydroxylation is 1. The maximum atomic E-state index is 12.1. The number of benzene rings is 1. The van der Waals surface area contributed by atoms with Crippen molar-refractivity contribution in [1.82, 2.24) is 10.6 Å². The smallest absolute Gasteiger partial charge is 0.315 e. The first-order chi connectivity index (χ1) is 11.0. The fourth-order valence-corrected chi connectivity index (χ4v) is 2.60. The van der Waals surface area contributed by atoms with Crippen LogP contribution in [0.25, 0.3) is 0 Å². The summed E-state index contributed by atoms with van der Waals surface area (Å²) in [5.41, 5.74) is 2.23. The Morgan fingerprint density at radius 1 is 1.17 bits per heavy atom. The molecular weight excluding hydrogens is 292 g/mol. The molecule has 1 heterocycles. The molecule has 3 atom stereocenters. The Morgan fingerprint density at radius 2 is 1.91 bits per heavy atom. The van der Waals surface area contributed by atoms with Gasteiger partial charge in [0.2, 0.25) is 0 Å². The molecular formula is C18H24N2O3. The molecule has 0 saturated carbocycles. The molecule has 0 aliphatic carbocycles.